The van der Waals surface area contributed by atoms with E-state index in [1.165, 1.54) is 5.56 Å². The van der Waals surface area contributed by atoms with E-state index in [-0.39, 0.29) is 23.4 Å². The van der Waals surface area contributed by atoms with Crippen molar-refractivity contribution < 1.29 is 4.79 Å². The second kappa shape index (κ2) is 7.36. The van der Waals surface area contributed by atoms with E-state index >= 15 is 0 Å². The maximum absolute atomic E-state index is 12.4. The SMILES string of the molecule is C[C@H](NC(C)(C)CNC(=O)[C@H]1C[C@@H]1c1cccnc1)c1ccccc1. The number of carbonyl (C=O) groups excluding carboxylic acids is 1. The molecule has 1 amide bonds. The highest BCUT2D eigenvalue weighted by Crippen LogP contribution is 2.47. The molecule has 0 bridgehead atoms. The van der Waals surface area contributed by atoms with Gasteiger partial charge in [0.05, 0.1) is 0 Å². The van der Waals surface area contributed by atoms with Gasteiger partial charge in [-0.2, -0.15) is 0 Å². The Balaban J connectivity index is 1.48. The van der Waals surface area contributed by atoms with Gasteiger partial charge in [-0.05, 0) is 50.3 Å². The van der Waals surface area contributed by atoms with E-state index in [4.69, 9.17) is 0 Å². The lowest BCUT2D eigenvalue weighted by molar-refractivity contribution is -0.122. The minimum atomic E-state index is -0.177. The third-order valence-corrected chi connectivity index (χ3v) is 4.85. The summed E-state index contributed by atoms with van der Waals surface area (Å²) in [5.74, 6) is 0.565. The Labute approximate surface area is 150 Å². The molecule has 0 spiro atoms. The van der Waals surface area contributed by atoms with Gasteiger partial charge in [0.15, 0.2) is 0 Å². The fraction of sp³-hybridized carbons (Fsp3) is 0.429. The molecular formula is C21H27N3O. The highest BCUT2D eigenvalue weighted by molar-refractivity contribution is 5.82. The van der Waals surface area contributed by atoms with Gasteiger partial charge in [-0.1, -0.05) is 36.4 Å². The quantitative estimate of drug-likeness (QED) is 0.814. The lowest BCUT2D eigenvalue weighted by atomic mass is 10.0. The van der Waals surface area contributed by atoms with E-state index in [1.54, 1.807) is 6.20 Å². The molecule has 1 aliphatic rings. The van der Waals surface area contributed by atoms with Crippen LogP contribution in [0.4, 0.5) is 0 Å². The van der Waals surface area contributed by atoms with Gasteiger partial charge in [0.2, 0.25) is 5.91 Å². The van der Waals surface area contributed by atoms with Crippen LogP contribution >= 0.6 is 0 Å². The predicted octanol–water partition coefficient (Wildman–Crippen LogP) is 3.43. The zero-order valence-corrected chi connectivity index (χ0v) is 15.2. The van der Waals surface area contributed by atoms with Crippen molar-refractivity contribution in [2.24, 2.45) is 5.92 Å². The first kappa shape index (κ1) is 17.6. The van der Waals surface area contributed by atoms with Crippen LogP contribution in [0.2, 0.25) is 0 Å². The van der Waals surface area contributed by atoms with Gasteiger partial charge in [0.25, 0.3) is 0 Å². The van der Waals surface area contributed by atoms with Crippen LogP contribution in [0.5, 0.6) is 0 Å². The Bertz CT molecular complexity index is 700. The predicted molar refractivity (Wildman–Crippen MR) is 100 cm³/mol. The van der Waals surface area contributed by atoms with E-state index in [2.05, 4.69) is 54.6 Å². The van der Waals surface area contributed by atoms with Crippen molar-refractivity contribution in [2.45, 2.75) is 44.7 Å². The number of benzene rings is 1. The molecule has 2 N–H and O–H groups in total. The van der Waals surface area contributed by atoms with Gasteiger partial charge in [-0.25, -0.2) is 0 Å². The summed E-state index contributed by atoms with van der Waals surface area (Å²) >= 11 is 0. The highest BCUT2D eigenvalue weighted by Gasteiger charge is 2.44. The van der Waals surface area contributed by atoms with Crippen LogP contribution in [-0.2, 0) is 4.79 Å². The third-order valence-electron chi connectivity index (χ3n) is 4.85. The van der Waals surface area contributed by atoms with E-state index in [0.29, 0.717) is 12.5 Å². The molecule has 4 nitrogen and oxygen atoms in total. The van der Waals surface area contributed by atoms with Gasteiger partial charge < -0.3 is 10.6 Å². The Kier molecular flexibility index (Phi) is 5.19. The Morgan fingerprint density at radius 1 is 1.24 bits per heavy atom. The first-order chi connectivity index (χ1) is 12.0. The number of pyridine rings is 1. The fourth-order valence-electron chi connectivity index (χ4n) is 3.35. The highest BCUT2D eigenvalue weighted by atomic mass is 16.2. The monoisotopic (exact) mass is 337 g/mol. The summed E-state index contributed by atoms with van der Waals surface area (Å²) in [5.41, 5.74) is 2.24. The number of nitrogens with one attached hydrogen (secondary N) is 2. The lowest BCUT2D eigenvalue weighted by Crippen LogP contribution is -2.50. The maximum atomic E-state index is 12.4. The smallest absolute Gasteiger partial charge is 0.223 e. The van der Waals surface area contributed by atoms with Crippen LogP contribution < -0.4 is 10.6 Å². The molecule has 2 aromatic rings. The van der Waals surface area contributed by atoms with Crippen molar-refractivity contribution in [3.63, 3.8) is 0 Å². The molecule has 1 saturated carbocycles. The zero-order valence-electron chi connectivity index (χ0n) is 15.2. The van der Waals surface area contributed by atoms with E-state index in [0.717, 1.165) is 12.0 Å². The molecule has 1 aromatic heterocycles. The zero-order chi connectivity index (χ0) is 17.9. The number of nitrogens with zero attached hydrogens (tertiary/aromatic N) is 1. The number of rotatable bonds is 7. The summed E-state index contributed by atoms with van der Waals surface area (Å²) < 4.78 is 0. The number of amides is 1. The van der Waals surface area contributed by atoms with Crippen LogP contribution in [0.3, 0.4) is 0 Å². The minimum absolute atomic E-state index is 0.0894. The van der Waals surface area contributed by atoms with Crippen molar-refractivity contribution in [2.75, 3.05) is 6.54 Å². The Hall–Kier alpha value is -2.20. The van der Waals surface area contributed by atoms with Gasteiger partial charge in [0, 0.05) is 36.4 Å². The molecule has 25 heavy (non-hydrogen) atoms. The molecule has 1 aromatic carbocycles. The fourth-order valence-corrected chi connectivity index (χ4v) is 3.35. The molecule has 4 heteroatoms. The van der Waals surface area contributed by atoms with Crippen molar-refractivity contribution in [1.29, 1.82) is 0 Å². The summed E-state index contributed by atoms with van der Waals surface area (Å²) in [6, 6.07) is 14.6. The molecule has 3 rings (SSSR count). The average Bonchev–Trinajstić information content (AvgIpc) is 3.42. The molecule has 0 radical (unpaired) electrons. The van der Waals surface area contributed by atoms with Crippen molar-refractivity contribution in [3.8, 4) is 0 Å². The normalized spacial score (nSPS) is 20.8. The van der Waals surface area contributed by atoms with Crippen molar-refractivity contribution >= 4 is 5.91 Å². The molecule has 1 heterocycles. The summed E-state index contributed by atoms with van der Waals surface area (Å²) in [7, 11) is 0. The van der Waals surface area contributed by atoms with Crippen molar-refractivity contribution in [3.05, 3.63) is 66.0 Å². The molecule has 0 saturated heterocycles. The summed E-state index contributed by atoms with van der Waals surface area (Å²) in [4.78, 5) is 16.6. The number of carbonyl (C=O) groups is 1. The van der Waals surface area contributed by atoms with Crippen LogP contribution in [-0.4, -0.2) is 23.0 Å². The second-order valence-corrected chi connectivity index (χ2v) is 7.61. The van der Waals surface area contributed by atoms with E-state index in [1.807, 2.05) is 30.5 Å². The molecule has 132 valence electrons. The van der Waals surface area contributed by atoms with Crippen LogP contribution in [0.15, 0.2) is 54.9 Å². The molecule has 1 aliphatic carbocycles. The van der Waals surface area contributed by atoms with Gasteiger partial charge in [0.1, 0.15) is 0 Å². The van der Waals surface area contributed by atoms with E-state index in [9.17, 15) is 4.79 Å². The van der Waals surface area contributed by atoms with Gasteiger partial charge in [-0.3, -0.25) is 9.78 Å². The number of hydrogen-bond donors (Lipinski definition) is 2. The molecule has 3 atom stereocenters. The average molecular weight is 337 g/mol. The Morgan fingerprint density at radius 2 is 2.00 bits per heavy atom. The van der Waals surface area contributed by atoms with Crippen LogP contribution in [0, 0.1) is 5.92 Å². The topological polar surface area (TPSA) is 54.0 Å². The van der Waals surface area contributed by atoms with Gasteiger partial charge >= 0.3 is 0 Å². The summed E-state index contributed by atoms with van der Waals surface area (Å²) in [6.07, 6.45) is 4.56. The van der Waals surface area contributed by atoms with E-state index < -0.39 is 0 Å². The maximum Gasteiger partial charge on any atom is 0.223 e. The van der Waals surface area contributed by atoms with Crippen LogP contribution in [0.25, 0.3) is 0 Å². The Morgan fingerprint density at radius 3 is 2.68 bits per heavy atom. The van der Waals surface area contributed by atoms with Crippen molar-refractivity contribution in [1.82, 2.24) is 15.6 Å². The summed E-state index contributed by atoms with van der Waals surface area (Å²) in [6.45, 7) is 7.01. The first-order valence-corrected chi connectivity index (χ1v) is 8.96. The number of hydrogen-bond acceptors (Lipinski definition) is 3. The molecule has 0 aliphatic heterocycles. The molecule has 1 fully saturated rings. The standard InChI is InChI=1S/C21H27N3O/c1-15(16-8-5-4-6-9-16)24-21(2,3)14-23-20(25)19-12-18(19)17-10-7-11-22-13-17/h4-11,13,15,18-19,24H,12,14H2,1-3H3,(H,23,25)/t15-,18+,19-/m0/s1. The third kappa shape index (κ3) is 4.67. The molecular weight excluding hydrogens is 310 g/mol. The lowest BCUT2D eigenvalue weighted by Gasteiger charge is -2.31. The summed E-state index contributed by atoms with van der Waals surface area (Å²) in [5, 5.41) is 6.72. The largest absolute Gasteiger partial charge is 0.354 e. The van der Waals surface area contributed by atoms with Gasteiger partial charge in [-0.15, -0.1) is 0 Å². The second-order valence-electron chi connectivity index (χ2n) is 7.61. The molecule has 0 unspecified atom stereocenters. The first-order valence-electron chi connectivity index (χ1n) is 8.96. The minimum Gasteiger partial charge on any atom is -0.354 e. The number of aromatic nitrogens is 1. The van der Waals surface area contributed by atoms with Crippen LogP contribution in [0.1, 0.15) is 50.3 Å².